The van der Waals surface area contributed by atoms with Gasteiger partial charge >= 0.3 is 0 Å². The van der Waals surface area contributed by atoms with Crippen LogP contribution in [0.15, 0.2) is 29.2 Å². The molecule has 22 heavy (non-hydrogen) atoms. The number of fused-ring (bicyclic) bond motifs is 1. The fraction of sp³-hybridized carbons (Fsp3) is 0.214. The number of rotatable bonds is 3. The highest BCUT2D eigenvalue weighted by Crippen LogP contribution is 2.38. The first-order valence-corrected chi connectivity index (χ1v) is 7.86. The van der Waals surface area contributed by atoms with Gasteiger partial charge in [0.25, 0.3) is 0 Å². The van der Waals surface area contributed by atoms with Crippen LogP contribution in [0.1, 0.15) is 12.1 Å². The van der Waals surface area contributed by atoms with Crippen LogP contribution < -0.4 is 10.6 Å². The summed E-state index contributed by atoms with van der Waals surface area (Å²) in [7, 11) is 0. The van der Waals surface area contributed by atoms with Gasteiger partial charge in [0, 0.05) is 28.1 Å². The van der Waals surface area contributed by atoms with Crippen LogP contribution in [0.25, 0.3) is 0 Å². The lowest BCUT2D eigenvalue weighted by molar-refractivity contribution is -0.120. The van der Waals surface area contributed by atoms with E-state index in [2.05, 4.69) is 20.8 Å². The van der Waals surface area contributed by atoms with Crippen molar-refractivity contribution in [1.82, 2.24) is 10.2 Å². The molecule has 1 atom stereocenters. The smallest absolute Gasteiger partial charge is 0.238 e. The van der Waals surface area contributed by atoms with Gasteiger partial charge in [0.2, 0.25) is 11.8 Å². The number of halogens is 1. The Balaban J connectivity index is 1.66. The summed E-state index contributed by atoms with van der Waals surface area (Å²) in [6, 6.07) is 7.02. The lowest BCUT2D eigenvalue weighted by atomic mass is 10.2. The topological polar surface area (TPSA) is 86.9 Å². The van der Waals surface area contributed by atoms with E-state index >= 15 is 0 Å². The number of benzene rings is 1. The number of aryl methyl sites for hydroxylation is 1. The molecule has 1 aromatic heterocycles. The van der Waals surface area contributed by atoms with Crippen LogP contribution in [0, 0.1) is 6.92 Å². The Morgan fingerprint density at radius 1 is 1.45 bits per heavy atom. The maximum absolute atomic E-state index is 12.1. The Morgan fingerprint density at radius 2 is 2.27 bits per heavy atom. The number of anilines is 2. The highest BCUT2D eigenvalue weighted by atomic mass is 35.5. The van der Waals surface area contributed by atoms with Gasteiger partial charge in [-0.2, -0.15) is 5.10 Å². The number of hydrogen-bond donors (Lipinski definition) is 3. The van der Waals surface area contributed by atoms with Crippen molar-refractivity contribution in [3.8, 4) is 0 Å². The molecule has 0 bridgehead atoms. The van der Waals surface area contributed by atoms with Crippen molar-refractivity contribution < 1.29 is 9.59 Å². The fourth-order valence-electron chi connectivity index (χ4n) is 2.10. The van der Waals surface area contributed by atoms with E-state index in [0.717, 1.165) is 10.6 Å². The van der Waals surface area contributed by atoms with E-state index in [1.807, 2.05) is 13.0 Å². The van der Waals surface area contributed by atoms with Gasteiger partial charge in [-0.15, -0.1) is 11.8 Å². The summed E-state index contributed by atoms with van der Waals surface area (Å²) >= 11 is 7.26. The van der Waals surface area contributed by atoms with Crippen molar-refractivity contribution in [2.45, 2.75) is 23.5 Å². The van der Waals surface area contributed by atoms with E-state index in [-0.39, 0.29) is 18.2 Å². The predicted molar refractivity (Wildman–Crippen MR) is 86.3 cm³/mol. The van der Waals surface area contributed by atoms with Gasteiger partial charge < -0.3 is 10.6 Å². The number of thioether (sulfide) groups is 1. The second-order valence-corrected chi connectivity index (χ2v) is 6.61. The minimum Gasteiger partial charge on any atom is -0.324 e. The molecule has 2 aromatic rings. The average molecular weight is 337 g/mol. The Labute approximate surface area is 136 Å². The SMILES string of the molecule is Cc1cc(NC(=O)C[C@@H]2Sc3ccc(Cl)cc3NC2=O)n[nH]1. The molecule has 0 fully saturated rings. The molecule has 0 unspecified atom stereocenters. The van der Waals surface area contributed by atoms with Gasteiger partial charge in [0.05, 0.1) is 10.9 Å². The van der Waals surface area contributed by atoms with Crippen LogP contribution in [-0.4, -0.2) is 27.3 Å². The zero-order valence-electron chi connectivity index (χ0n) is 11.6. The van der Waals surface area contributed by atoms with Crippen LogP contribution >= 0.6 is 23.4 Å². The lowest BCUT2D eigenvalue weighted by Gasteiger charge is -2.23. The van der Waals surface area contributed by atoms with Crippen molar-refractivity contribution in [2.75, 3.05) is 10.6 Å². The molecule has 0 radical (unpaired) electrons. The minimum atomic E-state index is -0.478. The average Bonchev–Trinajstić information content (AvgIpc) is 2.85. The molecule has 1 aliphatic heterocycles. The van der Waals surface area contributed by atoms with Gasteiger partial charge in [-0.25, -0.2) is 0 Å². The van der Waals surface area contributed by atoms with E-state index in [0.29, 0.717) is 16.5 Å². The van der Waals surface area contributed by atoms with E-state index in [4.69, 9.17) is 11.6 Å². The molecule has 1 aromatic carbocycles. The fourth-order valence-corrected chi connectivity index (χ4v) is 3.36. The van der Waals surface area contributed by atoms with Gasteiger partial charge in [0.15, 0.2) is 5.82 Å². The van der Waals surface area contributed by atoms with Crippen LogP contribution in [0.3, 0.4) is 0 Å². The molecule has 2 heterocycles. The molecule has 8 heteroatoms. The number of hydrogen-bond acceptors (Lipinski definition) is 4. The molecule has 0 saturated carbocycles. The molecular weight excluding hydrogens is 324 g/mol. The predicted octanol–water partition coefficient (Wildman–Crippen LogP) is 2.81. The third-order valence-electron chi connectivity index (χ3n) is 3.11. The third kappa shape index (κ3) is 3.26. The maximum Gasteiger partial charge on any atom is 0.238 e. The number of carbonyl (C=O) groups excluding carboxylic acids is 2. The summed E-state index contributed by atoms with van der Waals surface area (Å²) in [5.41, 5.74) is 1.54. The first kappa shape index (κ1) is 14.9. The molecule has 6 nitrogen and oxygen atoms in total. The molecule has 3 N–H and O–H groups in total. The van der Waals surface area contributed by atoms with Crippen LogP contribution in [-0.2, 0) is 9.59 Å². The Hall–Kier alpha value is -1.99. The molecule has 0 spiro atoms. The van der Waals surface area contributed by atoms with Crippen molar-refractivity contribution >= 4 is 46.7 Å². The van der Waals surface area contributed by atoms with Gasteiger partial charge in [-0.1, -0.05) is 11.6 Å². The quantitative estimate of drug-likeness (QED) is 0.804. The second kappa shape index (κ2) is 6.02. The monoisotopic (exact) mass is 336 g/mol. The van der Waals surface area contributed by atoms with Crippen molar-refractivity contribution in [3.05, 3.63) is 35.0 Å². The number of carbonyl (C=O) groups is 2. The van der Waals surface area contributed by atoms with Gasteiger partial charge in [-0.3, -0.25) is 14.7 Å². The van der Waals surface area contributed by atoms with E-state index in [9.17, 15) is 9.59 Å². The zero-order chi connectivity index (χ0) is 15.7. The van der Waals surface area contributed by atoms with Crippen LogP contribution in [0.4, 0.5) is 11.5 Å². The Morgan fingerprint density at radius 3 is 3.00 bits per heavy atom. The maximum atomic E-state index is 12.1. The first-order valence-electron chi connectivity index (χ1n) is 6.60. The zero-order valence-corrected chi connectivity index (χ0v) is 13.2. The summed E-state index contributed by atoms with van der Waals surface area (Å²) in [6.07, 6.45) is 0.0739. The second-order valence-electron chi connectivity index (χ2n) is 4.92. The molecule has 0 aliphatic carbocycles. The normalized spacial score (nSPS) is 16.8. The largest absolute Gasteiger partial charge is 0.324 e. The first-order chi connectivity index (χ1) is 10.5. The van der Waals surface area contributed by atoms with E-state index < -0.39 is 5.25 Å². The highest BCUT2D eigenvalue weighted by Gasteiger charge is 2.29. The summed E-state index contributed by atoms with van der Waals surface area (Å²) in [6.45, 7) is 1.84. The number of aromatic amines is 1. The van der Waals surface area contributed by atoms with E-state index in [1.165, 1.54) is 11.8 Å². The standard InChI is InChI=1S/C14H13ClN4O2S/c1-7-4-12(19-18-7)17-13(20)6-11-14(21)16-9-5-8(15)2-3-10(9)22-11/h2-5,11H,6H2,1H3,(H,16,21)(H2,17,18,19,20)/t11-/m0/s1. The van der Waals surface area contributed by atoms with Crippen LogP contribution in [0.5, 0.6) is 0 Å². The molecule has 3 rings (SSSR count). The van der Waals surface area contributed by atoms with Gasteiger partial charge in [0.1, 0.15) is 0 Å². The molecule has 0 saturated heterocycles. The third-order valence-corrected chi connectivity index (χ3v) is 4.62. The summed E-state index contributed by atoms with van der Waals surface area (Å²) in [4.78, 5) is 25.0. The van der Waals surface area contributed by atoms with Crippen molar-refractivity contribution in [1.29, 1.82) is 0 Å². The number of nitrogens with zero attached hydrogens (tertiary/aromatic N) is 1. The van der Waals surface area contributed by atoms with Crippen LogP contribution in [0.2, 0.25) is 5.02 Å². The lowest BCUT2D eigenvalue weighted by Crippen LogP contribution is -2.32. The minimum absolute atomic E-state index is 0.0739. The van der Waals surface area contributed by atoms with E-state index in [1.54, 1.807) is 18.2 Å². The van der Waals surface area contributed by atoms with Crippen molar-refractivity contribution in [3.63, 3.8) is 0 Å². The summed E-state index contributed by atoms with van der Waals surface area (Å²) in [5.74, 6) is 0.000545. The molecule has 2 amide bonds. The number of amides is 2. The van der Waals surface area contributed by atoms with Crippen molar-refractivity contribution in [2.24, 2.45) is 0 Å². The summed E-state index contributed by atoms with van der Waals surface area (Å²) < 4.78 is 0. The number of aromatic nitrogens is 2. The Kier molecular flexibility index (Phi) is 4.08. The summed E-state index contributed by atoms with van der Waals surface area (Å²) in [5, 5.41) is 12.2. The molecule has 114 valence electrons. The molecule has 1 aliphatic rings. The highest BCUT2D eigenvalue weighted by molar-refractivity contribution is 8.01. The Bertz CT molecular complexity index is 746. The van der Waals surface area contributed by atoms with Gasteiger partial charge in [-0.05, 0) is 25.1 Å². The number of H-pyrrole nitrogens is 1. The number of nitrogens with one attached hydrogen (secondary N) is 3. The molecular formula is C14H13ClN4O2S.